The second kappa shape index (κ2) is 10.7. The van der Waals surface area contributed by atoms with Crippen LogP contribution in [-0.2, 0) is 24.4 Å². The Morgan fingerprint density at radius 1 is 1.11 bits per heavy atom. The average molecular weight is 536 g/mol. The van der Waals surface area contributed by atoms with Crippen molar-refractivity contribution >= 4 is 33.2 Å². The molecule has 1 aliphatic heterocycles. The number of carbonyl (C=O) groups excluding carboxylic acids is 1. The number of nitrogens with zero attached hydrogens (tertiary/aromatic N) is 1. The van der Waals surface area contributed by atoms with Crippen molar-refractivity contribution < 1.29 is 22.8 Å². The SMILES string of the molecule is CC(C)OCC1(C(=O)Nc2ccc(-c3ccccc3S(N)(=O)=O)cc2)CC(c2cccc(C(=N)N)c2)=NO1. The molecule has 1 heterocycles. The minimum atomic E-state index is -3.91. The van der Waals surface area contributed by atoms with Gasteiger partial charge in [-0.25, -0.2) is 13.6 Å². The number of hydrogen-bond acceptors (Lipinski definition) is 7. The highest BCUT2D eigenvalue weighted by molar-refractivity contribution is 7.89. The van der Waals surface area contributed by atoms with Crippen LogP contribution in [-0.4, -0.2) is 44.2 Å². The summed E-state index contributed by atoms with van der Waals surface area (Å²) in [6.45, 7) is 3.68. The molecule has 10 nitrogen and oxygen atoms in total. The zero-order valence-corrected chi connectivity index (χ0v) is 21.8. The molecule has 11 heteroatoms. The molecule has 0 radical (unpaired) electrons. The first-order chi connectivity index (χ1) is 18.0. The van der Waals surface area contributed by atoms with Crippen LogP contribution in [0.4, 0.5) is 5.69 Å². The smallest absolute Gasteiger partial charge is 0.274 e. The number of anilines is 1. The number of ether oxygens (including phenoxy) is 1. The summed E-state index contributed by atoms with van der Waals surface area (Å²) in [5.74, 6) is -0.522. The Morgan fingerprint density at radius 3 is 2.47 bits per heavy atom. The van der Waals surface area contributed by atoms with Crippen molar-refractivity contribution in [3.05, 3.63) is 83.9 Å². The number of sulfonamides is 1. The molecule has 1 atom stereocenters. The van der Waals surface area contributed by atoms with E-state index in [2.05, 4.69) is 10.5 Å². The van der Waals surface area contributed by atoms with Crippen LogP contribution in [0.15, 0.2) is 82.8 Å². The third-order valence-electron chi connectivity index (χ3n) is 6.00. The lowest BCUT2D eigenvalue weighted by Crippen LogP contribution is -2.47. The first kappa shape index (κ1) is 27.0. The lowest BCUT2D eigenvalue weighted by molar-refractivity contribution is -0.148. The summed E-state index contributed by atoms with van der Waals surface area (Å²) in [6, 6.07) is 20.2. The van der Waals surface area contributed by atoms with Gasteiger partial charge in [-0.3, -0.25) is 10.2 Å². The quantitative estimate of drug-likeness (QED) is 0.242. The van der Waals surface area contributed by atoms with Gasteiger partial charge in [0.15, 0.2) is 0 Å². The number of nitrogens with one attached hydrogen (secondary N) is 2. The summed E-state index contributed by atoms with van der Waals surface area (Å²) in [6.07, 6.45) is -0.00116. The largest absolute Gasteiger partial charge is 0.384 e. The van der Waals surface area contributed by atoms with Gasteiger partial charge in [0.1, 0.15) is 5.84 Å². The van der Waals surface area contributed by atoms with Crippen molar-refractivity contribution in [2.24, 2.45) is 16.0 Å². The zero-order valence-electron chi connectivity index (χ0n) is 21.0. The lowest BCUT2D eigenvalue weighted by Gasteiger charge is -2.26. The van der Waals surface area contributed by atoms with E-state index in [0.717, 1.165) is 0 Å². The normalized spacial score (nSPS) is 17.1. The van der Waals surface area contributed by atoms with Crippen molar-refractivity contribution in [3.8, 4) is 11.1 Å². The fraction of sp³-hybridized carbons (Fsp3) is 0.222. The van der Waals surface area contributed by atoms with Gasteiger partial charge in [0.05, 0.1) is 23.3 Å². The minimum Gasteiger partial charge on any atom is -0.384 e. The van der Waals surface area contributed by atoms with Crippen molar-refractivity contribution in [2.75, 3.05) is 11.9 Å². The van der Waals surface area contributed by atoms with Crippen molar-refractivity contribution in [3.63, 3.8) is 0 Å². The number of nitrogen functional groups attached to an aromatic ring is 1. The van der Waals surface area contributed by atoms with Gasteiger partial charge in [-0.05, 0) is 43.7 Å². The number of hydrogen-bond donors (Lipinski definition) is 4. The third kappa shape index (κ3) is 5.91. The van der Waals surface area contributed by atoms with E-state index >= 15 is 0 Å². The molecule has 198 valence electrons. The van der Waals surface area contributed by atoms with Crippen LogP contribution in [0.2, 0.25) is 0 Å². The van der Waals surface area contributed by atoms with E-state index in [1.54, 1.807) is 60.7 Å². The van der Waals surface area contributed by atoms with Crippen LogP contribution >= 0.6 is 0 Å². The topological polar surface area (TPSA) is 170 Å². The van der Waals surface area contributed by atoms with E-state index in [9.17, 15) is 13.2 Å². The highest BCUT2D eigenvalue weighted by atomic mass is 32.2. The monoisotopic (exact) mass is 535 g/mol. The molecule has 0 spiro atoms. The molecule has 6 N–H and O–H groups in total. The van der Waals surface area contributed by atoms with Crippen molar-refractivity contribution in [1.29, 1.82) is 5.41 Å². The summed E-state index contributed by atoms with van der Waals surface area (Å²) < 4.78 is 29.7. The number of amides is 1. The molecular weight excluding hydrogens is 506 g/mol. The summed E-state index contributed by atoms with van der Waals surface area (Å²) in [5.41, 5.74) is 7.53. The van der Waals surface area contributed by atoms with Gasteiger partial charge in [0.2, 0.25) is 15.6 Å². The van der Waals surface area contributed by atoms with Gasteiger partial charge >= 0.3 is 0 Å². The fourth-order valence-electron chi connectivity index (χ4n) is 4.00. The van der Waals surface area contributed by atoms with Crippen molar-refractivity contribution in [1.82, 2.24) is 0 Å². The Morgan fingerprint density at radius 2 is 1.82 bits per heavy atom. The predicted molar refractivity (Wildman–Crippen MR) is 145 cm³/mol. The molecule has 0 aromatic heterocycles. The Balaban J connectivity index is 1.56. The maximum atomic E-state index is 13.5. The lowest BCUT2D eigenvalue weighted by atomic mass is 9.93. The summed E-state index contributed by atoms with van der Waals surface area (Å²) in [7, 11) is -3.91. The fourth-order valence-corrected chi connectivity index (χ4v) is 4.76. The molecule has 3 aromatic rings. The molecule has 1 amide bonds. The Hall–Kier alpha value is -4.06. The molecule has 1 aliphatic rings. The van der Waals surface area contributed by atoms with Crippen LogP contribution in [0.3, 0.4) is 0 Å². The Labute approximate surface area is 221 Å². The second-order valence-electron chi connectivity index (χ2n) is 9.23. The van der Waals surface area contributed by atoms with Gasteiger partial charge < -0.3 is 20.6 Å². The second-order valence-corrected chi connectivity index (χ2v) is 10.8. The van der Waals surface area contributed by atoms with E-state index in [0.29, 0.717) is 33.7 Å². The zero-order chi connectivity index (χ0) is 27.5. The van der Waals surface area contributed by atoms with E-state index in [1.165, 1.54) is 6.07 Å². The number of primary sulfonamides is 1. The molecule has 4 rings (SSSR count). The van der Waals surface area contributed by atoms with Crippen LogP contribution in [0.1, 0.15) is 31.4 Å². The number of nitrogens with two attached hydrogens (primary N) is 2. The molecule has 0 fully saturated rings. The summed E-state index contributed by atoms with van der Waals surface area (Å²) in [5, 5.41) is 20.1. The first-order valence-electron chi connectivity index (χ1n) is 11.8. The summed E-state index contributed by atoms with van der Waals surface area (Å²) >= 11 is 0. The molecule has 0 aliphatic carbocycles. The van der Waals surface area contributed by atoms with Gasteiger partial charge in [-0.1, -0.05) is 53.7 Å². The van der Waals surface area contributed by atoms with Gasteiger partial charge in [-0.2, -0.15) is 0 Å². The van der Waals surface area contributed by atoms with E-state index in [4.69, 9.17) is 25.9 Å². The average Bonchev–Trinajstić information content (AvgIpc) is 3.33. The number of rotatable bonds is 9. The van der Waals surface area contributed by atoms with Crippen LogP contribution in [0, 0.1) is 5.41 Å². The number of amidine groups is 1. The highest BCUT2D eigenvalue weighted by Crippen LogP contribution is 2.31. The number of benzene rings is 3. The first-order valence-corrected chi connectivity index (χ1v) is 13.4. The van der Waals surface area contributed by atoms with Crippen LogP contribution < -0.4 is 16.2 Å². The van der Waals surface area contributed by atoms with Gasteiger partial charge in [0, 0.05) is 28.8 Å². The standard InChI is InChI=1S/C27H29N5O5S/c1-17(2)36-16-27(15-23(32-37-27)19-6-5-7-20(14-19)25(28)29)26(33)31-21-12-10-18(11-13-21)22-8-3-4-9-24(22)38(30,34)35/h3-14,17H,15-16H2,1-2H3,(H3,28,29)(H,31,33)(H2,30,34,35). The maximum Gasteiger partial charge on any atom is 0.274 e. The number of oxime groups is 1. The van der Waals surface area contributed by atoms with E-state index in [1.807, 2.05) is 19.9 Å². The Bertz CT molecular complexity index is 1500. The molecule has 3 aromatic carbocycles. The minimum absolute atomic E-state index is 0.0134. The van der Waals surface area contributed by atoms with E-state index < -0.39 is 21.5 Å². The molecule has 1 unspecified atom stereocenters. The van der Waals surface area contributed by atoms with Gasteiger partial charge in [0.25, 0.3) is 5.91 Å². The number of carbonyl (C=O) groups is 1. The molecular formula is C27H29N5O5S. The van der Waals surface area contributed by atoms with Crippen molar-refractivity contribution in [2.45, 2.75) is 36.9 Å². The molecule has 0 saturated carbocycles. The molecule has 0 saturated heterocycles. The maximum absolute atomic E-state index is 13.5. The summed E-state index contributed by atoms with van der Waals surface area (Å²) in [4.78, 5) is 19.2. The van der Waals surface area contributed by atoms with Crippen LogP contribution in [0.25, 0.3) is 11.1 Å². The van der Waals surface area contributed by atoms with Gasteiger partial charge in [-0.15, -0.1) is 0 Å². The predicted octanol–water partition coefficient (Wildman–Crippen LogP) is 3.21. The highest BCUT2D eigenvalue weighted by Gasteiger charge is 2.47. The van der Waals surface area contributed by atoms with E-state index in [-0.39, 0.29) is 29.9 Å². The Kier molecular flexibility index (Phi) is 7.63. The molecule has 38 heavy (non-hydrogen) atoms. The third-order valence-corrected chi connectivity index (χ3v) is 6.97. The van der Waals surface area contributed by atoms with Crippen LogP contribution in [0.5, 0.6) is 0 Å². The molecule has 0 bridgehead atoms.